The summed E-state index contributed by atoms with van der Waals surface area (Å²) in [6, 6.07) is 8.27. The van der Waals surface area contributed by atoms with Crippen molar-refractivity contribution in [2.45, 2.75) is 39.4 Å². The summed E-state index contributed by atoms with van der Waals surface area (Å²) in [7, 11) is 2.09. The molecular weight excluding hydrogens is 260 g/mol. The second-order valence-corrected chi connectivity index (χ2v) is 6.32. The van der Waals surface area contributed by atoms with E-state index in [1.165, 1.54) is 11.3 Å². The van der Waals surface area contributed by atoms with Crippen LogP contribution in [0.15, 0.2) is 42.9 Å². The smallest absolute Gasteiger partial charge is 0.0562 e. The highest BCUT2D eigenvalue weighted by atomic mass is 15.1. The minimum atomic E-state index is 0.0978. The van der Waals surface area contributed by atoms with E-state index in [0.29, 0.717) is 0 Å². The SMILES string of the molecule is CN(Cc1ccncc1)c1ccnc(CNC(C)(C)C)c1. The van der Waals surface area contributed by atoms with Gasteiger partial charge >= 0.3 is 0 Å². The molecule has 0 aliphatic rings. The Labute approximate surface area is 127 Å². The van der Waals surface area contributed by atoms with Crippen LogP contribution in [0, 0.1) is 0 Å². The molecule has 0 spiro atoms. The Morgan fingerprint density at radius 1 is 1.10 bits per heavy atom. The molecular formula is C17H24N4. The predicted molar refractivity (Wildman–Crippen MR) is 87.2 cm³/mol. The molecule has 0 unspecified atom stereocenters. The summed E-state index contributed by atoms with van der Waals surface area (Å²) in [5.74, 6) is 0. The zero-order valence-electron chi connectivity index (χ0n) is 13.3. The van der Waals surface area contributed by atoms with Crippen molar-refractivity contribution in [1.82, 2.24) is 15.3 Å². The molecule has 0 aliphatic heterocycles. The highest BCUT2D eigenvalue weighted by molar-refractivity contribution is 5.46. The molecule has 1 N–H and O–H groups in total. The Hall–Kier alpha value is -1.94. The van der Waals surface area contributed by atoms with Crippen molar-refractivity contribution >= 4 is 5.69 Å². The molecule has 0 aliphatic carbocycles. The fourth-order valence-electron chi connectivity index (χ4n) is 2.01. The third kappa shape index (κ3) is 5.16. The largest absolute Gasteiger partial charge is 0.370 e. The maximum absolute atomic E-state index is 4.43. The van der Waals surface area contributed by atoms with Gasteiger partial charge in [0.15, 0.2) is 0 Å². The lowest BCUT2D eigenvalue weighted by Crippen LogP contribution is -2.35. The van der Waals surface area contributed by atoms with Gasteiger partial charge < -0.3 is 10.2 Å². The van der Waals surface area contributed by atoms with Crippen LogP contribution < -0.4 is 10.2 Å². The Balaban J connectivity index is 2.03. The topological polar surface area (TPSA) is 41.1 Å². The number of rotatable bonds is 5. The van der Waals surface area contributed by atoms with Crippen molar-refractivity contribution in [3.05, 3.63) is 54.1 Å². The van der Waals surface area contributed by atoms with E-state index in [-0.39, 0.29) is 5.54 Å². The van der Waals surface area contributed by atoms with Crippen LogP contribution in [0.3, 0.4) is 0 Å². The van der Waals surface area contributed by atoms with Crippen molar-refractivity contribution in [2.75, 3.05) is 11.9 Å². The maximum atomic E-state index is 4.43. The van der Waals surface area contributed by atoms with E-state index >= 15 is 0 Å². The zero-order valence-corrected chi connectivity index (χ0v) is 13.3. The lowest BCUT2D eigenvalue weighted by Gasteiger charge is -2.22. The summed E-state index contributed by atoms with van der Waals surface area (Å²) in [5.41, 5.74) is 3.58. The molecule has 2 rings (SSSR count). The van der Waals surface area contributed by atoms with E-state index < -0.39 is 0 Å². The summed E-state index contributed by atoms with van der Waals surface area (Å²) in [6.45, 7) is 8.12. The molecule has 0 atom stereocenters. The first-order valence-corrected chi connectivity index (χ1v) is 7.24. The van der Waals surface area contributed by atoms with Crippen molar-refractivity contribution in [3.8, 4) is 0 Å². The zero-order chi connectivity index (χ0) is 15.3. The molecule has 0 aromatic carbocycles. The third-order valence-corrected chi connectivity index (χ3v) is 3.21. The molecule has 2 aromatic heterocycles. The van der Waals surface area contributed by atoms with E-state index in [4.69, 9.17) is 0 Å². The van der Waals surface area contributed by atoms with E-state index in [9.17, 15) is 0 Å². The molecule has 0 saturated carbocycles. The van der Waals surface area contributed by atoms with Gasteiger partial charge in [-0.3, -0.25) is 9.97 Å². The fourth-order valence-corrected chi connectivity index (χ4v) is 2.01. The molecule has 0 fully saturated rings. The van der Waals surface area contributed by atoms with Gasteiger partial charge in [-0.25, -0.2) is 0 Å². The van der Waals surface area contributed by atoms with Gasteiger partial charge in [0, 0.05) is 50.0 Å². The number of anilines is 1. The van der Waals surface area contributed by atoms with Gasteiger partial charge in [0.05, 0.1) is 5.69 Å². The summed E-state index contributed by atoms with van der Waals surface area (Å²) >= 11 is 0. The lowest BCUT2D eigenvalue weighted by atomic mass is 10.1. The molecule has 4 heteroatoms. The minimum absolute atomic E-state index is 0.0978. The Kier molecular flexibility index (Phi) is 4.91. The van der Waals surface area contributed by atoms with Crippen LogP contribution in [0.2, 0.25) is 0 Å². The Morgan fingerprint density at radius 2 is 1.81 bits per heavy atom. The van der Waals surface area contributed by atoms with Crippen LogP contribution in [0.5, 0.6) is 0 Å². The molecule has 0 saturated heterocycles. The average molecular weight is 284 g/mol. The van der Waals surface area contributed by atoms with Crippen molar-refractivity contribution < 1.29 is 0 Å². The maximum Gasteiger partial charge on any atom is 0.0562 e. The standard InChI is InChI=1S/C17H24N4/c1-17(2,3)20-12-15-11-16(7-10-19-15)21(4)13-14-5-8-18-9-6-14/h5-11,20H,12-13H2,1-4H3. The van der Waals surface area contributed by atoms with Gasteiger partial charge in [0.25, 0.3) is 0 Å². The highest BCUT2D eigenvalue weighted by Crippen LogP contribution is 2.16. The normalized spacial score (nSPS) is 11.4. The van der Waals surface area contributed by atoms with Gasteiger partial charge in [-0.2, -0.15) is 0 Å². The van der Waals surface area contributed by atoms with Crippen molar-refractivity contribution in [2.24, 2.45) is 0 Å². The number of hydrogen-bond donors (Lipinski definition) is 1. The van der Waals surface area contributed by atoms with E-state index in [2.05, 4.69) is 54.1 Å². The number of nitrogens with zero attached hydrogens (tertiary/aromatic N) is 3. The third-order valence-electron chi connectivity index (χ3n) is 3.21. The highest BCUT2D eigenvalue weighted by Gasteiger charge is 2.10. The second-order valence-electron chi connectivity index (χ2n) is 6.32. The average Bonchev–Trinajstić information content (AvgIpc) is 2.46. The van der Waals surface area contributed by atoms with Crippen LogP contribution in [-0.4, -0.2) is 22.6 Å². The van der Waals surface area contributed by atoms with E-state index in [0.717, 1.165) is 18.8 Å². The molecule has 0 radical (unpaired) electrons. The molecule has 21 heavy (non-hydrogen) atoms. The first-order chi connectivity index (χ1) is 9.94. The predicted octanol–water partition coefficient (Wildman–Crippen LogP) is 3.00. The number of nitrogens with one attached hydrogen (secondary N) is 1. The van der Waals surface area contributed by atoms with Crippen LogP contribution in [0.1, 0.15) is 32.0 Å². The lowest BCUT2D eigenvalue weighted by molar-refractivity contribution is 0.421. The second kappa shape index (κ2) is 6.68. The molecule has 112 valence electrons. The molecule has 0 bridgehead atoms. The fraction of sp³-hybridized carbons (Fsp3) is 0.412. The van der Waals surface area contributed by atoms with Gasteiger partial charge in [-0.05, 0) is 50.6 Å². The van der Waals surface area contributed by atoms with Crippen molar-refractivity contribution in [1.29, 1.82) is 0 Å². The van der Waals surface area contributed by atoms with Crippen LogP contribution in [0.25, 0.3) is 0 Å². The van der Waals surface area contributed by atoms with Crippen LogP contribution in [0.4, 0.5) is 5.69 Å². The minimum Gasteiger partial charge on any atom is -0.370 e. The molecule has 2 aromatic rings. The Bertz CT molecular complexity index is 561. The quantitative estimate of drug-likeness (QED) is 0.916. The molecule has 0 amide bonds. The van der Waals surface area contributed by atoms with Crippen LogP contribution in [-0.2, 0) is 13.1 Å². The monoisotopic (exact) mass is 284 g/mol. The van der Waals surface area contributed by atoms with Gasteiger partial charge in [0.2, 0.25) is 0 Å². The van der Waals surface area contributed by atoms with Crippen LogP contribution >= 0.6 is 0 Å². The summed E-state index contributed by atoms with van der Waals surface area (Å²) in [5, 5.41) is 3.46. The Morgan fingerprint density at radius 3 is 2.48 bits per heavy atom. The van der Waals surface area contributed by atoms with Gasteiger partial charge in [0.1, 0.15) is 0 Å². The first kappa shape index (κ1) is 15.4. The van der Waals surface area contributed by atoms with Crippen molar-refractivity contribution in [3.63, 3.8) is 0 Å². The molecule has 2 heterocycles. The van der Waals surface area contributed by atoms with E-state index in [1.807, 2.05) is 36.8 Å². The van der Waals surface area contributed by atoms with E-state index in [1.54, 1.807) is 0 Å². The van der Waals surface area contributed by atoms with Gasteiger partial charge in [-0.15, -0.1) is 0 Å². The molecule has 4 nitrogen and oxygen atoms in total. The first-order valence-electron chi connectivity index (χ1n) is 7.24. The number of hydrogen-bond acceptors (Lipinski definition) is 4. The summed E-state index contributed by atoms with van der Waals surface area (Å²) in [6.07, 6.45) is 5.53. The summed E-state index contributed by atoms with van der Waals surface area (Å²) < 4.78 is 0. The van der Waals surface area contributed by atoms with Gasteiger partial charge in [-0.1, -0.05) is 0 Å². The summed E-state index contributed by atoms with van der Waals surface area (Å²) in [4.78, 5) is 10.7. The number of aromatic nitrogens is 2. The number of pyridine rings is 2.